The molecule has 0 heterocycles. The molecule has 0 saturated heterocycles. The number of esters is 3. The van der Waals surface area contributed by atoms with Crippen molar-refractivity contribution in [3.8, 4) is 0 Å². The van der Waals surface area contributed by atoms with Gasteiger partial charge in [0.15, 0.2) is 6.10 Å². The van der Waals surface area contributed by atoms with Gasteiger partial charge in [-0.3, -0.25) is 14.4 Å². The van der Waals surface area contributed by atoms with Gasteiger partial charge in [-0.15, -0.1) is 0 Å². The SMILES string of the molecule is CCCCC/C=C\C/C=C\CCCCCCCC(=O)O[C@H](COC(=O)CCCCCCCCCCCCCC)COC(=O)CCCCCCCCCCCCCCCCCCCCC. The molecule has 0 aliphatic rings. The zero-order chi connectivity index (χ0) is 46.5. The number of rotatable bonds is 52. The summed E-state index contributed by atoms with van der Waals surface area (Å²) in [7, 11) is 0. The quantitative estimate of drug-likeness (QED) is 0.0262. The van der Waals surface area contributed by atoms with Crippen LogP contribution in [0.2, 0.25) is 0 Å². The predicted octanol–water partition coefficient (Wildman–Crippen LogP) is 18.7. The molecule has 0 fully saturated rings. The Morgan fingerprint density at radius 2 is 0.562 bits per heavy atom. The normalized spacial score (nSPS) is 12.1. The highest BCUT2D eigenvalue weighted by molar-refractivity contribution is 5.71. The van der Waals surface area contributed by atoms with Gasteiger partial charge in [0.05, 0.1) is 0 Å². The first-order valence-corrected chi connectivity index (χ1v) is 28.3. The van der Waals surface area contributed by atoms with Crippen molar-refractivity contribution in [3.05, 3.63) is 24.3 Å². The lowest BCUT2D eigenvalue weighted by Crippen LogP contribution is -2.30. The van der Waals surface area contributed by atoms with E-state index >= 15 is 0 Å². The van der Waals surface area contributed by atoms with E-state index in [2.05, 4.69) is 45.1 Å². The molecule has 0 aromatic heterocycles. The van der Waals surface area contributed by atoms with Crippen LogP contribution in [0.15, 0.2) is 24.3 Å². The lowest BCUT2D eigenvalue weighted by Gasteiger charge is -2.18. The van der Waals surface area contributed by atoms with Crippen molar-refractivity contribution in [2.45, 2.75) is 316 Å². The number of unbranched alkanes of at least 4 members (excludes halogenated alkanes) is 37. The molecule has 6 heteroatoms. The van der Waals surface area contributed by atoms with E-state index in [1.807, 2.05) is 0 Å². The Bertz CT molecular complexity index is 1040. The Morgan fingerprint density at radius 1 is 0.312 bits per heavy atom. The minimum absolute atomic E-state index is 0.0717. The lowest BCUT2D eigenvalue weighted by atomic mass is 10.0. The van der Waals surface area contributed by atoms with Gasteiger partial charge in [0.2, 0.25) is 0 Å². The molecule has 0 amide bonds. The molecule has 0 aromatic rings. The highest BCUT2D eigenvalue weighted by Gasteiger charge is 2.19. The summed E-state index contributed by atoms with van der Waals surface area (Å²) in [4.78, 5) is 38.1. The average Bonchev–Trinajstić information content (AvgIpc) is 3.29. The molecule has 0 unspecified atom stereocenters. The molecule has 376 valence electrons. The molecule has 0 radical (unpaired) electrons. The number of carbonyl (C=O) groups excluding carboxylic acids is 3. The summed E-state index contributed by atoms with van der Waals surface area (Å²) < 4.78 is 16.8. The summed E-state index contributed by atoms with van der Waals surface area (Å²) in [6.07, 6.45) is 61.6. The first-order chi connectivity index (χ1) is 31.5. The van der Waals surface area contributed by atoms with E-state index in [4.69, 9.17) is 14.2 Å². The maximum absolute atomic E-state index is 12.8. The number of hydrogen-bond donors (Lipinski definition) is 0. The first kappa shape index (κ1) is 61.9. The van der Waals surface area contributed by atoms with Crippen LogP contribution in [-0.2, 0) is 28.6 Å². The Morgan fingerprint density at radius 3 is 0.891 bits per heavy atom. The van der Waals surface area contributed by atoms with Crippen LogP contribution >= 0.6 is 0 Å². The van der Waals surface area contributed by atoms with Crippen LogP contribution in [0.4, 0.5) is 0 Å². The number of ether oxygens (including phenoxy) is 3. The van der Waals surface area contributed by atoms with E-state index in [9.17, 15) is 14.4 Å². The average molecular weight is 901 g/mol. The summed E-state index contributed by atoms with van der Waals surface area (Å²) >= 11 is 0. The van der Waals surface area contributed by atoms with Gasteiger partial charge < -0.3 is 14.2 Å². The minimum Gasteiger partial charge on any atom is -0.462 e. The smallest absolute Gasteiger partial charge is 0.306 e. The van der Waals surface area contributed by atoms with Crippen LogP contribution in [0, 0.1) is 0 Å². The standard InChI is InChI=1S/C58H108O6/c1-4-7-10-13-16-19-22-25-27-28-29-30-32-33-36-39-42-45-48-51-57(60)63-54-55(53-62-56(59)50-47-44-41-38-35-24-21-18-15-12-9-6-3)64-58(61)52-49-46-43-40-37-34-31-26-23-20-17-14-11-8-5-2/h17,20,26,31,55H,4-16,18-19,21-25,27-30,32-54H2,1-3H3/b20-17-,31-26-/t55-/m1/s1. The van der Waals surface area contributed by atoms with Crippen LogP contribution in [0.25, 0.3) is 0 Å². The van der Waals surface area contributed by atoms with E-state index in [1.165, 1.54) is 193 Å². The molecule has 64 heavy (non-hydrogen) atoms. The molecule has 0 aliphatic heterocycles. The molecular formula is C58H108O6. The summed E-state index contributed by atoms with van der Waals surface area (Å²) in [6, 6.07) is 0. The maximum Gasteiger partial charge on any atom is 0.306 e. The third-order valence-electron chi connectivity index (χ3n) is 12.7. The molecule has 0 aliphatic carbocycles. The second-order valence-corrected chi connectivity index (χ2v) is 19.2. The highest BCUT2D eigenvalue weighted by Crippen LogP contribution is 2.17. The lowest BCUT2D eigenvalue weighted by molar-refractivity contribution is -0.167. The summed E-state index contributed by atoms with van der Waals surface area (Å²) in [5, 5.41) is 0. The minimum atomic E-state index is -0.773. The molecule has 0 aromatic carbocycles. The van der Waals surface area contributed by atoms with Gasteiger partial charge in [-0.05, 0) is 51.4 Å². The van der Waals surface area contributed by atoms with Gasteiger partial charge in [-0.25, -0.2) is 0 Å². The zero-order valence-electron chi connectivity index (χ0n) is 43.1. The van der Waals surface area contributed by atoms with Crippen molar-refractivity contribution in [2.24, 2.45) is 0 Å². The summed E-state index contributed by atoms with van der Waals surface area (Å²) in [5.41, 5.74) is 0. The van der Waals surface area contributed by atoms with Crippen molar-refractivity contribution in [2.75, 3.05) is 13.2 Å². The van der Waals surface area contributed by atoms with Crippen molar-refractivity contribution in [1.29, 1.82) is 0 Å². The van der Waals surface area contributed by atoms with Crippen LogP contribution in [0.5, 0.6) is 0 Å². The van der Waals surface area contributed by atoms with E-state index in [1.54, 1.807) is 0 Å². The Balaban J connectivity index is 4.30. The third kappa shape index (κ3) is 50.9. The molecule has 0 rings (SSSR count). The van der Waals surface area contributed by atoms with Crippen molar-refractivity contribution in [3.63, 3.8) is 0 Å². The molecule has 0 saturated carbocycles. The number of allylic oxidation sites excluding steroid dienone is 4. The van der Waals surface area contributed by atoms with E-state index in [-0.39, 0.29) is 31.1 Å². The van der Waals surface area contributed by atoms with E-state index in [0.29, 0.717) is 19.3 Å². The summed E-state index contributed by atoms with van der Waals surface area (Å²) in [6.45, 7) is 6.64. The van der Waals surface area contributed by atoms with Crippen LogP contribution < -0.4 is 0 Å². The van der Waals surface area contributed by atoms with Crippen LogP contribution in [-0.4, -0.2) is 37.2 Å². The molecule has 1 atom stereocenters. The predicted molar refractivity (Wildman–Crippen MR) is 275 cm³/mol. The van der Waals surface area contributed by atoms with E-state index in [0.717, 1.165) is 77.0 Å². The molecule has 0 spiro atoms. The van der Waals surface area contributed by atoms with Gasteiger partial charge in [-0.1, -0.05) is 263 Å². The van der Waals surface area contributed by atoms with Gasteiger partial charge in [0.1, 0.15) is 13.2 Å². The number of hydrogen-bond acceptors (Lipinski definition) is 6. The fraction of sp³-hybridized carbons (Fsp3) is 0.879. The highest BCUT2D eigenvalue weighted by atomic mass is 16.6. The molecular weight excluding hydrogens is 793 g/mol. The fourth-order valence-electron chi connectivity index (χ4n) is 8.42. The van der Waals surface area contributed by atoms with Gasteiger partial charge in [0, 0.05) is 19.3 Å². The van der Waals surface area contributed by atoms with Gasteiger partial charge in [0.25, 0.3) is 0 Å². The van der Waals surface area contributed by atoms with Gasteiger partial charge >= 0.3 is 17.9 Å². The molecule has 6 nitrogen and oxygen atoms in total. The zero-order valence-corrected chi connectivity index (χ0v) is 43.1. The molecule has 0 N–H and O–H groups in total. The van der Waals surface area contributed by atoms with Gasteiger partial charge in [-0.2, -0.15) is 0 Å². The Labute approximate surface area is 398 Å². The first-order valence-electron chi connectivity index (χ1n) is 28.3. The van der Waals surface area contributed by atoms with Crippen molar-refractivity contribution < 1.29 is 28.6 Å². The molecule has 0 bridgehead atoms. The van der Waals surface area contributed by atoms with Crippen molar-refractivity contribution in [1.82, 2.24) is 0 Å². The van der Waals surface area contributed by atoms with Crippen molar-refractivity contribution >= 4 is 17.9 Å². The summed E-state index contributed by atoms with van der Waals surface area (Å²) in [5.74, 6) is -0.866. The number of carbonyl (C=O) groups is 3. The maximum atomic E-state index is 12.8. The Kier molecular flexibility index (Phi) is 51.7. The third-order valence-corrected chi connectivity index (χ3v) is 12.7. The largest absolute Gasteiger partial charge is 0.462 e. The van der Waals surface area contributed by atoms with Crippen LogP contribution in [0.3, 0.4) is 0 Å². The monoisotopic (exact) mass is 901 g/mol. The second kappa shape index (κ2) is 53.5. The van der Waals surface area contributed by atoms with Crippen LogP contribution in [0.1, 0.15) is 310 Å². The Hall–Kier alpha value is -2.11. The second-order valence-electron chi connectivity index (χ2n) is 19.2. The topological polar surface area (TPSA) is 78.9 Å². The fourth-order valence-corrected chi connectivity index (χ4v) is 8.42. The van der Waals surface area contributed by atoms with E-state index < -0.39 is 6.10 Å².